The molecule has 0 aliphatic heterocycles. The number of carbonyl (C=O) groups is 2. The van der Waals surface area contributed by atoms with Crippen LogP contribution in [0, 0.1) is 0 Å². The van der Waals surface area contributed by atoms with Crippen molar-refractivity contribution in [2.45, 2.75) is 25.3 Å². The van der Waals surface area contributed by atoms with Crippen LogP contribution in [0.5, 0.6) is 0 Å². The van der Waals surface area contributed by atoms with Crippen molar-refractivity contribution in [2.75, 3.05) is 6.54 Å². The monoisotopic (exact) mass is 250 g/mol. The van der Waals surface area contributed by atoms with E-state index in [0.717, 1.165) is 19.1 Å². The third-order valence-corrected chi connectivity index (χ3v) is 2.42. The number of hydrogen-bond donors (Lipinski definition) is 2. The van der Waals surface area contributed by atoms with Crippen LogP contribution in [-0.4, -0.2) is 24.8 Å². The molecular formula is C13H18N2O3. The Labute approximate surface area is 106 Å². The van der Waals surface area contributed by atoms with Gasteiger partial charge in [0.2, 0.25) is 0 Å². The predicted octanol–water partition coefficient (Wildman–Crippen LogP) is 1.04. The summed E-state index contributed by atoms with van der Waals surface area (Å²) in [6.45, 7) is 0.546. The van der Waals surface area contributed by atoms with E-state index in [1.54, 1.807) is 24.3 Å². The first-order chi connectivity index (χ1) is 8.74. The van der Waals surface area contributed by atoms with Gasteiger partial charge < -0.3 is 15.4 Å². The minimum Gasteiger partial charge on any atom is -0.367 e. The van der Waals surface area contributed by atoms with E-state index in [9.17, 15) is 9.59 Å². The second-order valence-electron chi connectivity index (χ2n) is 3.95. The summed E-state index contributed by atoms with van der Waals surface area (Å²) in [7, 11) is 0. The number of rotatable bonds is 8. The first kappa shape index (κ1) is 14.3. The van der Waals surface area contributed by atoms with Gasteiger partial charge in [-0.1, -0.05) is 24.6 Å². The number of nitrogens with one attached hydrogen (secondary N) is 1. The minimum atomic E-state index is -0.403. The Hall–Kier alpha value is -1.72. The van der Waals surface area contributed by atoms with Gasteiger partial charge in [0.15, 0.2) is 0 Å². The van der Waals surface area contributed by atoms with E-state index in [1.807, 2.05) is 6.07 Å². The fourth-order valence-electron chi connectivity index (χ4n) is 1.39. The molecule has 0 saturated carbocycles. The second kappa shape index (κ2) is 8.38. The highest BCUT2D eigenvalue weighted by Crippen LogP contribution is 2.00. The van der Waals surface area contributed by atoms with E-state index in [0.29, 0.717) is 18.5 Å². The molecule has 0 aliphatic rings. The molecule has 0 fully saturated rings. The maximum Gasteiger partial charge on any atom is 0.356 e. The van der Waals surface area contributed by atoms with E-state index in [4.69, 9.17) is 10.6 Å². The van der Waals surface area contributed by atoms with Gasteiger partial charge in [-0.2, -0.15) is 5.48 Å². The van der Waals surface area contributed by atoms with Crippen LogP contribution in [0.4, 0.5) is 0 Å². The molecule has 1 aromatic rings. The van der Waals surface area contributed by atoms with Crippen LogP contribution < -0.4 is 11.2 Å². The lowest BCUT2D eigenvalue weighted by Crippen LogP contribution is -2.23. The largest absolute Gasteiger partial charge is 0.367 e. The average molecular weight is 250 g/mol. The summed E-state index contributed by atoms with van der Waals surface area (Å²) in [5.74, 6) is -0.403. The van der Waals surface area contributed by atoms with Gasteiger partial charge in [0.05, 0.1) is 11.6 Å². The third-order valence-electron chi connectivity index (χ3n) is 2.42. The maximum atomic E-state index is 11.5. The number of hydroxylamine groups is 1. The van der Waals surface area contributed by atoms with Gasteiger partial charge in [-0.3, -0.25) is 0 Å². The molecular weight excluding hydrogens is 232 g/mol. The molecule has 0 spiro atoms. The summed E-state index contributed by atoms with van der Waals surface area (Å²) in [6.07, 6.45) is 3.00. The molecule has 1 atom stereocenters. The van der Waals surface area contributed by atoms with Crippen LogP contribution in [0.1, 0.15) is 29.6 Å². The van der Waals surface area contributed by atoms with Gasteiger partial charge in [0.25, 0.3) is 0 Å². The molecule has 0 saturated heterocycles. The number of aldehydes is 1. The molecule has 5 heteroatoms. The van der Waals surface area contributed by atoms with Crippen LogP contribution in [0.25, 0.3) is 0 Å². The molecule has 98 valence electrons. The molecule has 0 aromatic heterocycles. The van der Waals surface area contributed by atoms with Crippen molar-refractivity contribution in [3.8, 4) is 0 Å². The van der Waals surface area contributed by atoms with Gasteiger partial charge in [0.1, 0.15) is 6.29 Å². The number of hydrogen-bond acceptors (Lipinski definition) is 5. The summed E-state index contributed by atoms with van der Waals surface area (Å²) >= 11 is 0. The molecule has 0 amide bonds. The molecule has 0 bridgehead atoms. The number of unbranched alkanes of at least 4 members (excludes halogenated alkanes) is 1. The van der Waals surface area contributed by atoms with Crippen molar-refractivity contribution >= 4 is 12.3 Å². The van der Waals surface area contributed by atoms with E-state index in [2.05, 4.69) is 5.48 Å². The summed E-state index contributed by atoms with van der Waals surface area (Å²) in [5, 5.41) is 0. The minimum absolute atomic E-state index is 0.392. The molecule has 1 aromatic carbocycles. The van der Waals surface area contributed by atoms with Gasteiger partial charge in [-0.15, -0.1) is 0 Å². The van der Waals surface area contributed by atoms with E-state index < -0.39 is 12.0 Å². The zero-order chi connectivity index (χ0) is 13.2. The summed E-state index contributed by atoms with van der Waals surface area (Å²) < 4.78 is 0. The Balaban J connectivity index is 2.08. The summed E-state index contributed by atoms with van der Waals surface area (Å²) in [4.78, 5) is 26.6. The fourth-order valence-corrected chi connectivity index (χ4v) is 1.39. The number of benzene rings is 1. The first-order valence-corrected chi connectivity index (χ1v) is 5.94. The van der Waals surface area contributed by atoms with Crippen molar-refractivity contribution < 1.29 is 14.4 Å². The van der Waals surface area contributed by atoms with Gasteiger partial charge in [-0.25, -0.2) is 4.79 Å². The van der Waals surface area contributed by atoms with Crippen LogP contribution in [0.15, 0.2) is 30.3 Å². The van der Waals surface area contributed by atoms with Crippen LogP contribution in [0.3, 0.4) is 0 Å². The summed E-state index contributed by atoms with van der Waals surface area (Å²) in [6, 6.07) is 8.37. The van der Waals surface area contributed by atoms with Crippen LogP contribution >= 0.6 is 0 Å². The maximum absolute atomic E-state index is 11.5. The lowest BCUT2D eigenvalue weighted by atomic mass is 10.1. The lowest BCUT2D eigenvalue weighted by Gasteiger charge is -2.06. The van der Waals surface area contributed by atoms with E-state index >= 15 is 0 Å². The number of carbonyl (C=O) groups excluding carboxylic acids is 2. The van der Waals surface area contributed by atoms with Crippen molar-refractivity contribution in [1.29, 1.82) is 0 Å². The molecule has 5 nitrogen and oxygen atoms in total. The van der Waals surface area contributed by atoms with Gasteiger partial charge in [-0.05, 0) is 25.0 Å². The van der Waals surface area contributed by atoms with Crippen LogP contribution in [0.2, 0.25) is 0 Å². The van der Waals surface area contributed by atoms with Crippen molar-refractivity contribution in [2.24, 2.45) is 5.73 Å². The van der Waals surface area contributed by atoms with E-state index in [-0.39, 0.29) is 0 Å². The van der Waals surface area contributed by atoms with E-state index in [1.165, 1.54) is 0 Å². The molecule has 18 heavy (non-hydrogen) atoms. The molecule has 0 aliphatic carbocycles. The highest BCUT2D eigenvalue weighted by atomic mass is 16.7. The zero-order valence-corrected chi connectivity index (χ0v) is 10.2. The molecule has 1 rings (SSSR count). The first-order valence-electron chi connectivity index (χ1n) is 5.94. The third kappa shape index (κ3) is 5.56. The molecule has 0 radical (unpaired) electrons. The fraction of sp³-hybridized carbons (Fsp3) is 0.385. The van der Waals surface area contributed by atoms with Gasteiger partial charge >= 0.3 is 5.97 Å². The zero-order valence-electron chi connectivity index (χ0n) is 10.2. The Bertz CT molecular complexity index is 368. The summed E-state index contributed by atoms with van der Waals surface area (Å²) in [5.41, 5.74) is 8.54. The normalized spacial score (nSPS) is 11.8. The predicted molar refractivity (Wildman–Crippen MR) is 67.8 cm³/mol. The quantitative estimate of drug-likeness (QED) is 0.409. The van der Waals surface area contributed by atoms with Gasteiger partial charge in [0, 0.05) is 6.54 Å². The Morgan fingerprint density at radius 2 is 2.06 bits per heavy atom. The highest BCUT2D eigenvalue weighted by Gasteiger charge is 2.05. The smallest absolute Gasteiger partial charge is 0.356 e. The SMILES string of the molecule is NC(C=O)CCCCNOC(=O)c1ccccc1. The molecule has 0 heterocycles. The second-order valence-corrected chi connectivity index (χ2v) is 3.95. The van der Waals surface area contributed by atoms with Crippen molar-refractivity contribution in [1.82, 2.24) is 5.48 Å². The Morgan fingerprint density at radius 1 is 1.33 bits per heavy atom. The molecule has 3 N–H and O–H groups in total. The van der Waals surface area contributed by atoms with Crippen molar-refractivity contribution in [3.63, 3.8) is 0 Å². The average Bonchev–Trinajstić information content (AvgIpc) is 2.43. The lowest BCUT2D eigenvalue weighted by molar-refractivity contribution is -0.109. The van der Waals surface area contributed by atoms with Crippen LogP contribution in [-0.2, 0) is 9.63 Å². The number of nitrogens with two attached hydrogens (primary N) is 1. The Kier molecular flexibility index (Phi) is 6.68. The molecule has 1 unspecified atom stereocenters. The highest BCUT2D eigenvalue weighted by molar-refractivity contribution is 5.89. The topological polar surface area (TPSA) is 81.4 Å². The standard InChI is InChI=1S/C13H18N2O3/c14-12(10-16)8-4-5-9-15-18-13(17)11-6-2-1-3-7-11/h1-3,6-7,10,12,15H,4-5,8-9,14H2. The van der Waals surface area contributed by atoms with Crippen molar-refractivity contribution in [3.05, 3.63) is 35.9 Å². The Morgan fingerprint density at radius 3 is 2.72 bits per heavy atom.